The Balaban J connectivity index is 2.20. The van der Waals surface area contributed by atoms with Crippen molar-refractivity contribution >= 4 is 11.6 Å². The molecule has 0 aliphatic carbocycles. The van der Waals surface area contributed by atoms with E-state index in [0.717, 1.165) is 0 Å². The first-order valence-electron chi connectivity index (χ1n) is 5.95. The van der Waals surface area contributed by atoms with Gasteiger partial charge in [-0.3, -0.25) is 0 Å². The first kappa shape index (κ1) is 14.2. The third kappa shape index (κ3) is 3.62. The smallest absolute Gasteiger partial charge is 0.451 e. The lowest BCUT2D eigenvalue weighted by Crippen LogP contribution is -2.15. The van der Waals surface area contributed by atoms with Gasteiger partial charge in [0.1, 0.15) is 17.4 Å². The van der Waals surface area contributed by atoms with E-state index >= 15 is 0 Å². The molecule has 2 rings (SSSR count). The number of furan rings is 1. The van der Waals surface area contributed by atoms with Crippen molar-refractivity contribution in [1.82, 2.24) is 9.97 Å². The summed E-state index contributed by atoms with van der Waals surface area (Å²) in [5.41, 5.74) is 0. The summed E-state index contributed by atoms with van der Waals surface area (Å²) in [6.45, 7) is 2.48. The lowest BCUT2D eigenvalue weighted by molar-refractivity contribution is -0.144. The average molecular weight is 286 g/mol. The Morgan fingerprint density at radius 3 is 2.45 bits per heavy atom. The molecule has 2 aromatic heterocycles. The third-order valence-corrected chi connectivity index (χ3v) is 2.36. The number of alkyl halides is 3. The molecule has 0 aliphatic rings. The van der Waals surface area contributed by atoms with Gasteiger partial charge in [-0.1, -0.05) is 0 Å². The summed E-state index contributed by atoms with van der Waals surface area (Å²) in [7, 11) is 0. The average Bonchev–Trinajstić information content (AvgIpc) is 2.88. The van der Waals surface area contributed by atoms with Gasteiger partial charge in [-0.15, -0.1) is 0 Å². The molecule has 5 nitrogen and oxygen atoms in total. The van der Waals surface area contributed by atoms with E-state index in [0.29, 0.717) is 12.3 Å². The van der Waals surface area contributed by atoms with Crippen LogP contribution in [0, 0.1) is 0 Å². The van der Waals surface area contributed by atoms with Crippen molar-refractivity contribution in [1.29, 1.82) is 0 Å². The summed E-state index contributed by atoms with van der Waals surface area (Å²) in [5, 5.41) is 5.51. The highest BCUT2D eigenvalue weighted by Gasteiger charge is 2.35. The van der Waals surface area contributed by atoms with Gasteiger partial charge in [0.05, 0.1) is 12.8 Å². The first-order valence-corrected chi connectivity index (χ1v) is 5.95. The highest BCUT2D eigenvalue weighted by atomic mass is 19.4. The van der Waals surface area contributed by atoms with E-state index in [1.54, 1.807) is 19.1 Å². The molecule has 0 amide bonds. The van der Waals surface area contributed by atoms with Gasteiger partial charge in [0.15, 0.2) is 0 Å². The third-order valence-electron chi connectivity index (χ3n) is 2.36. The number of halogens is 3. The van der Waals surface area contributed by atoms with Crippen LogP contribution in [0.1, 0.15) is 18.5 Å². The van der Waals surface area contributed by atoms with Gasteiger partial charge in [0.25, 0.3) is 0 Å². The second kappa shape index (κ2) is 5.81. The van der Waals surface area contributed by atoms with Crippen LogP contribution in [0.5, 0.6) is 0 Å². The van der Waals surface area contributed by atoms with Crippen LogP contribution in [-0.2, 0) is 12.7 Å². The predicted octanol–water partition coefficient (Wildman–Crippen LogP) is 3.13. The fourth-order valence-electron chi connectivity index (χ4n) is 1.53. The summed E-state index contributed by atoms with van der Waals surface area (Å²) in [4.78, 5) is 6.89. The lowest BCUT2D eigenvalue weighted by Gasteiger charge is -2.11. The molecule has 0 fully saturated rings. The molecule has 108 valence electrons. The molecular formula is C12H13F3N4O. The molecule has 0 saturated heterocycles. The molecule has 0 spiro atoms. The van der Waals surface area contributed by atoms with E-state index < -0.39 is 12.0 Å². The molecule has 2 aromatic rings. The molecule has 0 aromatic carbocycles. The van der Waals surface area contributed by atoms with Crippen molar-refractivity contribution < 1.29 is 17.6 Å². The zero-order chi connectivity index (χ0) is 14.6. The molecule has 2 heterocycles. The van der Waals surface area contributed by atoms with E-state index in [1.807, 2.05) is 0 Å². The summed E-state index contributed by atoms with van der Waals surface area (Å²) in [6, 6.07) is 4.83. The van der Waals surface area contributed by atoms with Crippen molar-refractivity contribution in [3.05, 3.63) is 36.0 Å². The van der Waals surface area contributed by atoms with Gasteiger partial charge in [-0.2, -0.15) is 13.2 Å². The minimum Gasteiger partial charge on any atom is -0.467 e. The van der Waals surface area contributed by atoms with Crippen LogP contribution in [0.3, 0.4) is 0 Å². The number of hydrogen-bond donors (Lipinski definition) is 2. The standard InChI is InChI=1S/C12H13F3N4O/c1-2-16-9-6-10(17-7-8-4-3-5-20-8)19-11(18-9)12(13,14)15/h3-6H,2,7H2,1H3,(H2,16,17,18,19). The Bertz CT molecular complexity index is 554. The molecule has 0 radical (unpaired) electrons. The van der Waals surface area contributed by atoms with Gasteiger partial charge in [-0.25, -0.2) is 9.97 Å². The van der Waals surface area contributed by atoms with Crippen molar-refractivity contribution in [2.24, 2.45) is 0 Å². The second-order valence-corrected chi connectivity index (χ2v) is 3.92. The topological polar surface area (TPSA) is 63.0 Å². The van der Waals surface area contributed by atoms with E-state index in [4.69, 9.17) is 4.42 Å². The van der Waals surface area contributed by atoms with E-state index in [1.165, 1.54) is 12.3 Å². The number of rotatable bonds is 5. The van der Waals surface area contributed by atoms with Crippen LogP contribution in [0.2, 0.25) is 0 Å². The molecule has 0 atom stereocenters. The first-order chi connectivity index (χ1) is 9.49. The Morgan fingerprint density at radius 1 is 1.20 bits per heavy atom. The minimum absolute atomic E-state index is 0.0830. The van der Waals surface area contributed by atoms with Crippen LogP contribution in [0.15, 0.2) is 28.9 Å². The van der Waals surface area contributed by atoms with Crippen molar-refractivity contribution in [3.63, 3.8) is 0 Å². The van der Waals surface area contributed by atoms with Crippen LogP contribution in [0.4, 0.5) is 24.8 Å². The fraction of sp³-hybridized carbons (Fsp3) is 0.333. The lowest BCUT2D eigenvalue weighted by atomic mass is 10.4. The maximum absolute atomic E-state index is 12.7. The number of anilines is 2. The maximum atomic E-state index is 12.7. The molecule has 8 heteroatoms. The zero-order valence-corrected chi connectivity index (χ0v) is 10.7. The highest BCUT2D eigenvalue weighted by Crippen LogP contribution is 2.28. The molecule has 0 bridgehead atoms. The van der Waals surface area contributed by atoms with E-state index in [2.05, 4.69) is 20.6 Å². The molecule has 20 heavy (non-hydrogen) atoms. The van der Waals surface area contributed by atoms with Crippen LogP contribution < -0.4 is 10.6 Å². The number of nitrogens with zero attached hydrogens (tertiary/aromatic N) is 2. The van der Waals surface area contributed by atoms with Crippen molar-refractivity contribution in [2.45, 2.75) is 19.6 Å². The number of nitrogens with one attached hydrogen (secondary N) is 2. The zero-order valence-electron chi connectivity index (χ0n) is 10.7. The van der Waals surface area contributed by atoms with E-state index in [9.17, 15) is 13.2 Å². The molecule has 0 saturated carbocycles. The summed E-state index contributed by atoms with van der Waals surface area (Å²) in [6.07, 6.45) is -3.10. The van der Waals surface area contributed by atoms with Crippen LogP contribution >= 0.6 is 0 Å². The van der Waals surface area contributed by atoms with Crippen LogP contribution in [0.25, 0.3) is 0 Å². The quantitative estimate of drug-likeness (QED) is 0.884. The van der Waals surface area contributed by atoms with Gasteiger partial charge in [0.2, 0.25) is 5.82 Å². The SMILES string of the molecule is CCNc1cc(NCc2ccco2)nc(C(F)(F)F)n1. The molecule has 0 aliphatic heterocycles. The van der Waals surface area contributed by atoms with Gasteiger partial charge in [-0.05, 0) is 19.1 Å². The number of hydrogen-bond acceptors (Lipinski definition) is 5. The predicted molar refractivity (Wildman–Crippen MR) is 67.2 cm³/mol. The molecule has 0 unspecified atom stereocenters. The highest BCUT2D eigenvalue weighted by molar-refractivity contribution is 5.47. The largest absolute Gasteiger partial charge is 0.467 e. The van der Waals surface area contributed by atoms with Crippen LogP contribution in [-0.4, -0.2) is 16.5 Å². The second-order valence-electron chi connectivity index (χ2n) is 3.92. The minimum atomic E-state index is -4.59. The Labute approximate surface area is 113 Å². The summed E-state index contributed by atoms with van der Waals surface area (Å²) < 4.78 is 43.2. The summed E-state index contributed by atoms with van der Waals surface area (Å²) in [5.74, 6) is -0.378. The van der Waals surface area contributed by atoms with Gasteiger partial charge in [0, 0.05) is 12.6 Å². The van der Waals surface area contributed by atoms with Gasteiger partial charge < -0.3 is 15.1 Å². The van der Waals surface area contributed by atoms with Gasteiger partial charge >= 0.3 is 6.18 Å². The maximum Gasteiger partial charge on any atom is 0.451 e. The fourth-order valence-corrected chi connectivity index (χ4v) is 1.53. The summed E-state index contributed by atoms with van der Waals surface area (Å²) >= 11 is 0. The Morgan fingerprint density at radius 2 is 1.90 bits per heavy atom. The Kier molecular flexibility index (Phi) is 4.11. The van der Waals surface area contributed by atoms with Crippen molar-refractivity contribution in [2.75, 3.05) is 17.2 Å². The molecule has 2 N–H and O–H groups in total. The molecular weight excluding hydrogens is 273 g/mol. The van der Waals surface area contributed by atoms with E-state index in [-0.39, 0.29) is 18.2 Å². The monoisotopic (exact) mass is 286 g/mol. The van der Waals surface area contributed by atoms with Crippen molar-refractivity contribution in [3.8, 4) is 0 Å². The number of aromatic nitrogens is 2. The Hall–Kier alpha value is -2.25. The normalized spacial score (nSPS) is 11.4.